The van der Waals surface area contributed by atoms with Gasteiger partial charge in [-0.1, -0.05) is 0 Å². The molecule has 0 aliphatic heterocycles. The molecule has 0 radical (unpaired) electrons. The molecule has 1 atom stereocenters. The highest BCUT2D eigenvalue weighted by molar-refractivity contribution is 5.31. The van der Waals surface area contributed by atoms with Crippen LogP contribution in [0.25, 0.3) is 0 Å². The second-order valence-electron chi connectivity index (χ2n) is 3.36. The summed E-state index contributed by atoms with van der Waals surface area (Å²) in [5.41, 5.74) is 6.23. The van der Waals surface area contributed by atoms with E-state index in [2.05, 4.69) is 0 Å². The Labute approximate surface area is 88.7 Å². The van der Waals surface area contributed by atoms with E-state index in [9.17, 15) is 4.39 Å². The summed E-state index contributed by atoms with van der Waals surface area (Å²) in [5, 5.41) is 8.66. The van der Waals surface area contributed by atoms with Crippen LogP contribution in [0.1, 0.15) is 24.4 Å². The lowest BCUT2D eigenvalue weighted by Crippen LogP contribution is -2.12. The van der Waals surface area contributed by atoms with Crippen molar-refractivity contribution in [3.05, 3.63) is 29.6 Å². The normalized spacial score (nSPS) is 12.5. The van der Waals surface area contributed by atoms with Gasteiger partial charge >= 0.3 is 0 Å². The molecule has 0 heterocycles. The molecule has 0 saturated carbocycles. The molecule has 3 N–H and O–H groups in total. The SMILES string of the molecule is COc1ccc(F)c([C@H](N)CCCO)c1. The standard InChI is InChI=1S/C11H16FNO2/c1-15-8-4-5-10(12)9(7-8)11(13)3-2-6-14/h4-5,7,11,14H,2-3,6,13H2,1H3/t11-/m1/s1. The lowest BCUT2D eigenvalue weighted by molar-refractivity contribution is 0.279. The Balaban J connectivity index is 2.81. The molecule has 15 heavy (non-hydrogen) atoms. The molecule has 0 aliphatic rings. The fourth-order valence-electron chi connectivity index (χ4n) is 1.40. The van der Waals surface area contributed by atoms with Gasteiger partial charge in [-0.3, -0.25) is 0 Å². The smallest absolute Gasteiger partial charge is 0.128 e. The molecule has 0 aliphatic carbocycles. The number of hydrogen-bond acceptors (Lipinski definition) is 3. The van der Waals surface area contributed by atoms with E-state index in [1.165, 1.54) is 13.2 Å². The van der Waals surface area contributed by atoms with Crippen molar-refractivity contribution in [3.63, 3.8) is 0 Å². The van der Waals surface area contributed by atoms with Gasteiger partial charge in [0.2, 0.25) is 0 Å². The van der Waals surface area contributed by atoms with E-state index >= 15 is 0 Å². The number of aliphatic hydroxyl groups is 1. The Morgan fingerprint density at radius 1 is 1.53 bits per heavy atom. The van der Waals surface area contributed by atoms with Crippen LogP contribution in [0.15, 0.2) is 18.2 Å². The third kappa shape index (κ3) is 3.18. The third-order valence-electron chi connectivity index (χ3n) is 2.28. The van der Waals surface area contributed by atoms with Gasteiger partial charge in [0.1, 0.15) is 11.6 Å². The molecule has 1 aromatic rings. The lowest BCUT2D eigenvalue weighted by atomic mass is 10.0. The quantitative estimate of drug-likeness (QED) is 0.781. The minimum Gasteiger partial charge on any atom is -0.497 e. The van der Waals surface area contributed by atoms with E-state index in [-0.39, 0.29) is 12.4 Å². The molecule has 0 bridgehead atoms. The number of halogens is 1. The Bertz CT molecular complexity index is 317. The molecule has 0 amide bonds. The van der Waals surface area contributed by atoms with Gasteiger partial charge in [-0.05, 0) is 31.0 Å². The maximum Gasteiger partial charge on any atom is 0.128 e. The van der Waals surface area contributed by atoms with Crippen molar-refractivity contribution >= 4 is 0 Å². The zero-order valence-electron chi connectivity index (χ0n) is 8.74. The topological polar surface area (TPSA) is 55.5 Å². The van der Waals surface area contributed by atoms with E-state index < -0.39 is 6.04 Å². The van der Waals surface area contributed by atoms with Crippen LogP contribution in [-0.4, -0.2) is 18.8 Å². The van der Waals surface area contributed by atoms with Crippen molar-refractivity contribution < 1.29 is 14.2 Å². The van der Waals surface area contributed by atoms with Gasteiger partial charge in [0.05, 0.1) is 7.11 Å². The number of aliphatic hydroxyl groups excluding tert-OH is 1. The molecule has 84 valence electrons. The molecule has 1 rings (SSSR count). The number of rotatable bonds is 5. The second kappa shape index (κ2) is 5.68. The van der Waals surface area contributed by atoms with Crippen LogP contribution in [0.4, 0.5) is 4.39 Å². The van der Waals surface area contributed by atoms with Crippen LogP contribution in [-0.2, 0) is 0 Å². The lowest BCUT2D eigenvalue weighted by Gasteiger charge is -2.13. The first kappa shape index (κ1) is 11.9. The highest BCUT2D eigenvalue weighted by Crippen LogP contribution is 2.23. The van der Waals surface area contributed by atoms with Gasteiger partial charge in [0.15, 0.2) is 0 Å². The first-order valence-corrected chi connectivity index (χ1v) is 4.89. The summed E-state index contributed by atoms with van der Waals surface area (Å²) >= 11 is 0. The van der Waals surface area contributed by atoms with Gasteiger partial charge in [0.25, 0.3) is 0 Å². The molecule has 1 aromatic carbocycles. The molecule has 0 fully saturated rings. The average molecular weight is 213 g/mol. The summed E-state index contributed by atoms with van der Waals surface area (Å²) in [6.45, 7) is 0.0687. The average Bonchev–Trinajstić information content (AvgIpc) is 2.26. The molecular formula is C11H16FNO2. The highest BCUT2D eigenvalue weighted by atomic mass is 19.1. The van der Waals surface area contributed by atoms with Crippen LogP contribution in [0.3, 0.4) is 0 Å². The molecule has 0 aromatic heterocycles. The van der Waals surface area contributed by atoms with Crippen LogP contribution in [0.5, 0.6) is 5.75 Å². The summed E-state index contributed by atoms with van der Waals surface area (Å²) in [6.07, 6.45) is 1.12. The van der Waals surface area contributed by atoms with Gasteiger partial charge in [-0.25, -0.2) is 4.39 Å². The number of nitrogens with two attached hydrogens (primary N) is 1. The van der Waals surface area contributed by atoms with Gasteiger partial charge in [0, 0.05) is 18.2 Å². The van der Waals surface area contributed by atoms with Crippen LogP contribution in [0, 0.1) is 5.82 Å². The zero-order valence-corrected chi connectivity index (χ0v) is 8.74. The predicted octanol–water partition coefficient (Wildman–Crippen LogP) is 1.61. The fraction of sp³-hybridized carbons (Fsp3) is 0.455. The summed E-state index contributed by atoms with van der Waals surface area (Å²) in [6, 6.07) is 4.09. The minimum atomic E-state index is -0.396. The van der Waals surface area contributed by atoms with Crippen molar-refractivity contribution in [3.8, 4) is 5.75 Å². The molecule has 4 heteroatoms. The summed E-state index contributed by atoms with van der Waals surface area (Å²) in [7, 11) is 1.52. The number of benzene rings is 1. The van der Waals surface area contributed by atoms with E-state index in [1.54, 1.807) is 12.1 Å². The highest BCUT2D eigenvalue weighted by Gasteiger charge is 2.11. The Kier molecular flexibility index (Phi) is 4.52. The summed E-state index contributed by atoms with van der Waals surface area (Å²) in [4.78, 5) is 0. The van der Waals surface area contributed by atoms with Gasteiger partial charge in [-0.2, -0.15) is 0 Å². The Morgan fingerprint density at radius 2 is 2.27 bits per heavy atom. The van der Waals surface area contributed by atoms with E-state index in [0.717, 1.165) is 0 Å². The Morgan fingerprint density at radius 3 is 2.87 bits per heavy atom. The van der Waals surface area contributed by atoms with Crippen molar-refractivity contribution in [1.29, 1.82) is 0 Å². The first-order valence-electron chi connectivity index (χ1n) is 4.89. The van der Waals surface area contributed by atoms with Crippen LogP contribution >= 0.6 is 0 Å². The van der Waals surface area contributed by atoms with Gasteiger partial charge in [-0.15, -0.1) is 0 Å². The molecule has 0 unspecified atom stereocenters. The molecular weight excluding hydrogens is 197 g/mol. The Hall–Kier alpha value is -1.13. The van der Waals surface area contributed by atoms with Gasteiger partial charge < -0.3 is 15.6 Å². The third-order valence-corrected chi connectivity index (χ3v) is 2.28. The largest absolute Gasteiger partial charge is 0.497 e. The number of methoxy groups -OCH3 is 1. The minimum absolute atomic E-state index is 0.0687. The monoisotopic (exact) mass is 213 g/mol. The summed E-state index contributed by atoms with van der Waals surface area (Å²) in [5.74, 6) is 0.257. The van der Waals surface area contributed by atoms with E-state index in [1.807, 2.05) is 0 Å². The fourth-order valence-corrected chi connectivity index (χ4v) is 1.40. The second-order valence-corrected chi connectivity index (χ2v) is 3.36. The van der Waals surface area contributed by atoms with Crippen LogP contribution in [0.2, 0.25) is 0 Å². The maximum atomic E-state index is 13.4. The van der Waals surface area contributed by atoms with Crippen LogP contribution < -0.4 is 10.5 Å². The molecule has 3 nitrogen and oxygen atoms in total. The van der Waals surface area contributed by atoms with Crippen molar-refractivity contribution in [2.75, 3.05) is 13.7 Å². The zero-order chi connectivity index (χ0) is 11.3. The van der Waals surface area contributed by atoms with E-state index in [0.29, 0.717) is 24.2 Å². The number of hydrogen-bond donors (Lipinski definition) is 2. The number of ether oxygens (including phenoxy) is 1. The first-order chi connectivity index (χ1) is 7.19. The van der Waals surface area contributed by atoms with Crippen molar-refractivity contribution in [1.82, 2.24) is 0 Å². The molecule has 0 spiro atoms. The molecule has 0 saturated heterocycles. The van der Waals surface area contributed by atoms with E-state index in [4.69, 9.17) is 15.6 Å². The predicted molar refractivity (Wildman–Crippen MR) is 56.2 cm³/mol. The van der Waals surface area contributed by atoms with Crippen molar-refractivity contribution in [2.24, 2.45) is 5.73 Å². The van der Waals surface area contributed by atoms with Crippen molar-refractivity contribution in [2.45, 2.75) is 18.9 Å². The maximum absolute atomic E-state index is 13.4. The summed E-state index contributed by atoms with van der Waals surface area (Å²) < 4.78 is 18.4.